The van der Waals surface area contributed by atoms with E-state index in [-0.39, 0.29) is 24.3 Å². The van der Waals surface area contributed by atoms with Crippen molar-refractivity contribution in [3.8, 4) is 0 Å². The molecule has 1 unspecified atom stereocenters. The van der Waals surface area contributed by atoms with Crippen LogP contribution in [-0.2, 0) is 4.79 Å². The molecule has 1 heterocycles. The zero-order valence-electron chi connectivity index (χ0n) is 10.6. The van der Waals surface area contributed by atoms with Crippen molar-refractivity contribution < 1.29 is 9.90 Å². The van der Waals surface area contributed by atoms with Crippen LogP contribution in [0.2, 0.25) is 0 Å². The van der Waals surface area contributed by atoms with Crippen LogP contribution in [0.3, 0.4) is 0 Å². The number of nitrogens with zero attached hydrogens (tertiary/aromatic N) is 2. The molecule has 4 nitrogen and oxygen atoms in total. The summed E-state index contributed by atoms with van der Waals surface area (Å²) >= 11 is 0. The fourth-order valence-electron chi connectivity index (χ4n) is 2.09. The molecule has 1 N–H and O–H groups in total. The fraction of sp³-hybridized carbons (Fsp3) is 0.917. The Balaban J connectivity index is 2.49. The topological polar surface area (TPSA) is 43.8 Å². The number of likely N-dealkylation sites (N-methyl/N-ethyl adjacent to an activating group) is 1. The number of aliphatic hydroxyl groups excluding tert-OH is 1. The Labute approximate surface area is 98.2 Å². The van der Waals surface area contributed by atoms with Gasteiger partial charge in [-0.25, -0.2) is 0 Å². The fourth-order valence-corrected chi connectivity index (χ4v) is 2.09. The van der Waals surface area contributed by atoms with Crippen molar-refractivity contribution in [2.45, 2.75) is 20.8 Å². The van der Waals surface area contributed by atoms with Crippen LogP contribution in [0.1, 0.15) is 20.8 Å². The highest BCUT2D eigenvalue weighted by atomic mass is 16.3. The maximum atomic E-state index is 12.1. The van der Waals surface area contributed by atoms with Gasteiger partial charge in [0.1, 0.15) is 0 Å². The van der Waals surface area contributed by atoms with Crippen molar-refractivity contribution in [3.05, 3.63) is 0 Å². The molecule has 1 rings (SSSR count). The molecule has 0 aromatic carbocycles. The maximum Gasteiger partial charge on any atom is 0.228 e. The molecule has 94 valence electrons. The number of piperazine rings is 1. The van der Waals surface area contributed by atoms with Gasteiger partial charge in [-0.15, -0.1) is 0 Å². The molecule has 1 aliphatic rings. The monoisotopic (exact) mass is 228 g/mol. The van der Waals surface area contributed by atoms with Crippen LogP contribution in [0.4, 0.5) is 0 Å². The number of hydrogen-bond donors (Lipinski definition) is 1. The van der Waals surface area contributed by atoms with Crippen LogP contribution < -0.4 is 0 Å². The van der Waals surface area contributed by atoms with Crippen molar-refractivity contribution in [3.63, 3.8) is 0 Å². The number of rotatable bonds is 4. The van der Waals surface area contributed by atoms with Gasteiger partial charge in [0.15, 0.2) is 0 Å². The zero-order valence-corrected chi connectivity index (χ0v) is 10.6. The average Bonchev–Trinajstić information content (AvgIpc) is 2.29. The normalized spacial score (nSPS) is 20.2. The molecule has 0 aromatic rings. The Morgan fingerprint density at radius 1 is 1.25 bits per heavy atom. The number of amides is 1. The van der Waals surface area contributed by atoms with Crippen LogP contribution in [0.15, 0.2) is 0 Å². The molecule has 0 bridgehead atoms. The highest BCUT2D eigenvalue weighted by Gasteiger charge is 2.28. The van der Waals surface area contributed by atoms with E-state index < -0.39 is 0 Å². The summed E-state index contributed by atoms with van der Waals surface area (Å²) in [5, 5.41) is 9.24. The smallest absolute Gasteiger partial charge is 0.228 e. The second-order valence-electron chi connectivity index (χ2n) is 4.79. The van der Waals surface area contributed by atoms with Gasteiger partial charge >= 0.3 is 0 Å². The van der Waals surface area contributed by atoms with Crippen molar-refractivity contribution in [1.82, 2.24) is 9.80 Å². The van der Waals surface area contributed by atoms with E-state index in [1.807, 2.05) is 18.7 Å². The van der Waals surface area contributed by atoms with E-state index in [2.05, 4.69) is 11.8 Å². The molecule has 0 spiro atoms. The van der Waals surface area contributed by atoms with Gasteiger partial charge in [-0.2, -0.15) is 0 Å². The van der Waals surface area contributed by atoms with Crippen molar-refractivity contribution in [1.29, 1.82) is 0 Å². The zero-order chi connectivity index (χ0) is 12.1. The summed E-state index contributed by atoms with van der Waals surface area (Å²) in [5.74, 6) is 0.100. The first-order chi connectivity index (χ1) is 7.60. The summed E-state index contributed by atoms with van der Waals surface area (Å²) in [7, 11) is 0. The van der Waals surface area contributed by atoms with E-state index in [1.54, 1.807) is 0 Å². The van der Waals surface area contributed by atoms with Gasteiger partial charge in [0, 0.05) is 26.2 Å². The average molecular weight is 228 g/mol. The van der Waals surface area contributed by atoms with Gasteiger partial charge in [-0.05, 0) is 12.5 Å². The van der Waals surface area contributed by atoms with Crippen molar-refractivity contribution >= 4 is 5.91 Å². The molecule has 1 fully saturated rings. The molecule has 16 heavy (non-hydrogen) atoms. The first-order valence-corrected chi connectivity index (χ1v) is 6.22. The third-order valence-electron chi connectivity index (χ3n) is 3.45. The van der Waals surface area contributed by atoms with Crippen LogP contribution in [0, 0.1) is 11.8 Å². The minimum Gasteiger partial charge on any atom is -0.396 e. The molecule has 1 amide bonds. The lowest BCUT2D eigenvalue weighted by Crippen LogP contribution is -2.51. The van der Waals surface area contributed by atoms with Gasteiger partial charge in [-0.3, -0.25) is 4.79 Å². The minimum absolute atomic E-state index is 0.0372. The Bertz CT molecular complexity index is 223. The SMILES string of the molecule is CCN1CCN(C(=O)C(CO)C(C)C)CC1. The lowest BCUT2D eigenvalue weighted by molar-refractivity contribution is -0.140. The summed E-state index contributed by atoms with van der Waals surface area (Å²) < 4.78 is 0. The molecule has 4 heteroatoms. The Hall–Kier alpha value is -0.610. The Morgan fingerprint density at radius 3 is 2.19 bits per heavy atom. The van der Waals surface area contributed by atoms with E-state index in [9.17, 15) is 9.90 Å². The van der Waals surface area contributed by atoms with Gasteiger partial charge < -0.3 is 14.9 Å². The molecule has 0 radical (unpaired) electrons. The molecule has 1 aliphatic heterocycles. The van der Waals surface area contributed by atoms with Crippen molar-refractivity contribution in [2.24, 2.45) is 11.8 Å². The van der Waals surface area contributed by atoms with Gasteiger partial charge in [0.25, 0.3) is 0 Å². The highest BCUT2D eigenvalue weighted by Crippen LogP contribution is 2.15. The number of carbonyl (C=O) groups excluding carboxylic acids is 1. The van der Waals surface area contributed by atoms with Gasteiger partial charge in [0.05, 0.1) is 12.5 Å². The largest absolute Gasteiger partial charge is 0.396 e. The van der Waals surface area contributed by atoms with Crippen LogP contribution in [0.5, 0.6) is 0 Å². The van der Waals surface area contributed by atoms with E-state index in [0.717, 1.165) is 32.7 Å². The number of carbonyl (C=O) groups is 1. The lowest BCUT2D eigenvalue weighted by Gasteiger charge is -2.36. The van der Waals surface area contributed by atoms with E-state index >= 15 is 0 Å². The molecular formula is C12H24N2O2. The Morgan fingerprint density at radius 2 is 1.81 bits per heavy atom. The van der Waals surface area contributed by atoms with Crippen LogP contribution >= 0.6 is 0 Å². The summed E-state index contributed by atoms with van der Waals surface area (Å²) in [4.78, 5) is 16.3. The van der Waals surface area contributed by atoms with E-state index in [0.29, 0.717) is 0 Å². The van der Waals surface area contributed by atoms with Crippen LogP contribution in [0.25, 0.3) is 0 Å². The standard InChI is InChI=1S/C12H24N2O2/c1-4-13-5-7-14(8-6-13)12(16)11(9-15)10(2)3/h10-11,15H,4-9H2,1-3H3. The second kappa shape index (κ2) is 6.21. The highest BCUT2D eigenvalue weighted by molar-refractivity contribution is 5.79. The summed E-state index contributed by atoms with van der Waals surface area (Å²) in [6, 6.07) is 0. The van der Waals surface area contributed by atoms with Crippen LogP contribution in [-0.4, -0.2) is 60.1 Å². The Kier molecular flexibility index (Phi) is 5.22. The molecule has 0 aromatic heterocycles. The maximum absolute atomic E-state index is 12.1. The van der Waals surface area contributed by atoms with E-state index in [4.69, 9.17) is 0 Å². The van der Waals surface area contributed by atoms with E-state index in [1.165, 1.54) is 0 Å². The molecule has 0 saturated carbocycles. The molecule has 1 atom stereocenters. The first kappa shape index (κ1) is 13.5. The number of aliphatic hydroxyl groups is 1. The molecule has 0 aliphatic carbocycles. The summed E-state index contributed by atoms with van der Waals surface area (Å²) in [5.41, 5.74) is 0. The molecular weight excluding hydrogens is 204 g/mol. The van der Waals surface area contributed by atoms with Gasteiger partial charge in [-0.1, -0.05) is 20.8 Å². The minimum atomic E-state index is -0.229. The first-order valence-electron chi connectivity index (χ1n) is 6.22. The third kappa shape index (κ3) is 3.19. The van der Waals surface area contributed by atoms with Crippen molar-refractivity contribution in [2.75, 3.05) is 39.3 Å². The predicted octanol–water partition coefficient (Wildman–Crippen LogP) is 0.415. The number of hydrogen-bond acceptors (Lipinski definition) is 3. The predicted molar refractivity (Wildman–Crippen MR) is 64.1 cm³/mol. The second-order valence-corrected chi connectivity index (χ2v) is 4.79. The summed E-state index contributed by atoms with van der Waals surface area (Å²) in [6.07, 6.45) is 0. The summed E-state index contributed by atoms with van der Waals surface area (Å²) in [6.45, 7) is 10.6. The quantitative estimate of drug-likeness (QED) is 0.758. The lowest BCUT2D eigenvalue weighted by atomic mass is 9.95. The molecule has 1 saturated heterocycles. The third-order valence-corrected chi connectivity index (χ3v) is 3.45. The van der Waals surface area contributed by atoms with Gasteiger partial charge in [0.2, 0.25) is 5.91 Å².